The fourth-order valence-corrected chi connectivity index (χ4v) is 5.26. The molecule has 1 saturated heterocycles. The molecule has 2 aromatic carbocycles. The monoisotopic (exact) mass is 491 g/mol. The van der Waals surface area contributed by atoms with Crippen LogP contribution in [0.15, 0.2) is 54.7 Å². The van der Waals surface area contributed by atoms with E-state index >= 15 is 0 Å². The van der Waals surface area contributed by atoms with Crippen LogP contribution in [0.2, 0.25) is 0 Å². The number of anilines is 1. The number of carbonyl (C=O) groups is 1. The standard InChI is InChI=1S/C26H29N5O3S/c1-3-34-23-7-5-4-6-20(23)16-27-24(32)19-12-14-30(15-13-19)26-29-31-17-22(28-25(31)35-26)18-8-10-21(33-2)11-9-18/h4-11,17,19H,3,12-16H2,1-2H3,(H,27,32). The minimum atomic E-state index is 0.0104. The van der Waals surface area contributed by atoms with Crippen LogP contribution < -0.4 is 19.7 Å². The van der Waals surface area contributed by atoms with E-state index in [1.54, 1.807) is 18.4 Å². The number of rotatable bonds is 8. The van der Waals surface area contributed by atoms with Crippen molar-refractivity contribution in [3.8, 4) is 22.8 Å². The number of nitrogens with zero attached hydrogens (tertiary/aromatic N) is 4. The lowest BCUT2D eigenvalue weighted by atomic mass is 9.96. The van der Waals surface area contributed by atoms with Gasteiger partial charge < -0.3 is 19.7 Å². The van der Waals surface area contributed by atoms with Crippen LogP contribution in [0, 0.1) is 5.92 Å². The minimum absolute atomic E-state index is 0.0104. The summed E-state index contributed by atoms with van der Waals surface area (Å²) in [6.07, 6.45) is 3.56. The molecular formula is C26H29N5O3S. The molecule has 0 atom stereocenters. The van der Waals surface area contributed by atoms with Gasteiger partial charge in [0, 0.05) is 36.7 Å². The molecule has 0 radical (unpaired) electrons. The van der Waals surface area contributed by atoms with Gasteiger partial charge in [0.05, 0.1) is 25.6 Å². The van der Waals surface area contributed by atoms with Crippen molar-refractivity contribution in [3.63, 3.8) is 0 Å². The summed E-state index contributed by atoms with van der Waals surface area (Å²) < 4.78 is 12.7. The molecule has 0 unspecified atom stereocenters. The van der Waals surface area contributed by atoms with Gasteiger partial charge in [0.1, 0.15) is 11.5 Å². The number of para-hydroxylation sites is 1. The summed E-state index contributed by atoms with van der Waals surface area (Å²) in [5.41, 5.74) is 2.92. The molecule has 0 bridgehead atoms. The first-order chi connectivity index (χ1) is 17.1. The average Bonchev–Trinajstić information content (AvgIpc) is 3.48. The number of benzene rings is 2. The largest absolute Gasteiger partial charge is 0.497 e. The predicted molar refractivity (Wildman–Crippen MR) is 137 cm³/mol. The van der Waals surface area contributed by atoms with Gasteiger partial charge in [0.25, 0.3) is 0 Å². The van der Waals surface area contributed by atoms with Crippen molar-refractivity contribution in [2.24, 2.45) is 5.92 Å². The molecule has 2 aromatic heterocycles. The number of nitrogens with one attached hydrogen (secondary N) is 1. The molecule has 1 aliphatic rings. The van der Waals surface area contributed by atoms with E-state index < -0.39 is 0 Å². The smallest absolute Gasteiger partial charge is 0.223 e. The Morgan fingerprint density at radius 2 is 1.91 bits per heavy atom. The van der Waals surface area contributed by atoms with Crippen LogP contribution in [0.3, 0.4) is 0 Å². The summed E-state index contributed by atoms with van der Waals surface area (Å²) in [7, 11) is 1.66. The highest BCUT2D eigenvalue weighted by atomic mass is 32.1. The summed E-state index contributed by atoms with van der Waals surface area (Å²) in [6, 6.07) is 15.7. The van der Waals surface area contributed by atoms with Crippen LogP contribution in [-0.4, -0.2) is 47.3 Å². The fourth-order valence-electron chi connectivity index (χ4n) is 4.32. The van der Waals surface area contributed by atoms with Gasteiger partial charge in [-0.15, -0.1) is 5.10 Å². The van der Waals surface area contributed by atoms with Gasteiger partial charge in [-0.25, -0.2) is 9.50 Å². The van der Waals surface area contributed by atoms with Gasteiger partial charge in [-0.3, -0.25) is 4.79 Å². The fraction of sp³-hybridized carbons (Fsp3) is 0.346. The van der Waals surface area contributed by atoms with E-state index in [4.69, 9.17) is 19.6 Å². The van der Waals surface area contributed by atoms with E-state index in [2.05, 4.69) is 10.2 Å². The van der Waals surface area contributed by atoms with E-state index in [1.165, 1.54) is 0 Å². The number of amides is 1. The predicted octanol–water partition coefficient (Wildman–Crippen LogP) is 4.40. The van der Waals surface area contributed by atoms with Crippen molar-refractivity contribution < 1.29 is 14.3 Å². The van der Waals surface area contributed by atoms with Crippen LogP contribution in [0.25, 0.3) is 16.2 Å². The Morgan fingerprint density at radius 1 is 1.14 bits per heavy atom. The number of imidazole rings is 1. The van der Waals surface area contributed by atoms with E-state index in [0.29, 0.717) is 13.2 Å². The van der Waals surface area contributed by atoms with Gasteiger partial charge in [0.2, 0.25) is 16.0 Å². The lowest BCUT2D eigenvalue weighted by Gasteiger charge is -2.30. The molecule has 8 nitrogen and oxygen atoms in total. The van der Waals surface area contributed by atoms with Crippen molar-refractivity contribution in [1.82, 2.24) is 19.9 Å². The number of hydrogen-bond donors (Lipinski definition) is 1. The Morgan fingerprint density at radius 3 is 2.63 bits per heavy atom. The zero-order valence-electron chi connectivity index (χ0n) is 19.9. The number of methoxy groups -OCH3 is 1. The second-order valence-corrected chi connectivity index (χ2v) is 9.42. The summed E-state index contributed by atoms with van der Waals surface area (Å²) in [4.78, 5) is 20.6. The highest BCUT2D eigenvalue weighted by molar-refractivity contribution is 7.20. The van der Waals surface area contributed by atoms with E-state index in [1.807, 2.05) is 66.2 Å². The third-order valence-electron chi connectivity index (χ3n) is 6.28. The van der Waals surface area contributed by atoms with E-state index in [0.717, 1.165) is 64.3 Å². The van der Waals surface area contributed by atoms with Crippen molar-refractivity contribution in [2.75, 3.05) is 31.7 Å². The molecule has 0 spiro atoms. The average molecular weight is 492 g/mol. The molecule has 9 heteroatoms. The number of fused-ring (bicyclic) bond motifs is 1. The Hall–Kier alpha value is -3.59. The Labute approximate surface area is 208 Å². The first-order valence-electron chi connectivity index (χ1n) is 11.9. The molecule has 1 amide bonds. The molecule has 3 heterocycles. The molecule has 0 saturated carbocycles. The molecular weight excluding hydrogens is 462 g/mol. The maximum absolute atomic E-state index is 12.8. The second kappa shape index (κ2) is 10.4. The number of aromatic nitrogens is 3. The number of carbonyl (C=O) groups excluding carboxylic acids is 1. The molecule has 35 heavy (non-hydrogen) atoms. The Balaban J connectivity index is 1.16. The second-order valence-electron chi connectivity index (χ2n) is 8.49. The normalized spacial score (nSPS) is 14.3. The third-order valence-corrected chi connectivity index (χ3v) is 7.26. The van der Waals surface area contributed by atoms with E-state index in [-0.39, 0.29) is 11.8 Å². The molecule has 4 aromatic rings. The van der Waals surface area contributed by atoms with Gasteiger partial charge in [-0.05, 0) is 50.1 Å². The number of hydrogen-bond acceptors (Lipinski definition) is 7. The zero-order valence-corrected chi connectivity index (χ0v) is 20.8. The van der Waals surface area contributed by atoms with Gasteiger partial charge in [-0.2, -0.15) is 0 Å². The zero-order chi connectivity index (χ0) is 24.2. The van der Waals surface area contributed by atoms with Crippen molar-refractivity contribution in [3.05, 3.63) is 60.3 Å². The highest BCUT2D eigenvalue weighted by Gasteiger charge is 2.27. The Kier molecular flexibility index (Phi) is 6.85. The lowest BCUT2D eigenvalue weighted by molar-refractivity contribution is -0.125. The first kappa shape index (κ1) is 23.2. The van der Waals surface area contributed by atoms with Crippen molar-refractivity contribution >= 4 is 27.3 Å². The first-order valence-corrected chi connectivity index (χ1v) is 12.7. The topological polar surface area (TPSA) is 81.0 Å². The van der Waals surface area contributed by atoms with Gasteiger partial charge in [0.15, 0.2) is 0 Å². The van der Waals surface area contributed by atoms with Crippen molar-refractivity contribution in [2.45, 2.75) is 26.3 Å². The summed E-state index contributed by atoms with van der Waals surface area (Å²) in [5, 5.41) is 8.79. The van der Waals surface area contributed by atoms with Crippen LogP contribution in [0.1, 0.15) is 25.3 Å². The minimum Gasteiger partial charge on any atom is -0.497 e. The van der Waals surface area contributed by atoms with Crippen molar-refractivity contribution in [1.29, 1.82) is 0 Å². The van der Waals surface area contributed by atoms with Crippen LogP contribution in [-0.2, 0) is 11.3 Å². The molecule has 1 aliphatic heterocycles. The summed E-state index contributed by atoms with van der Waals surface area (Å²) in [6.45, 7) is 4.65. The highest BCUT2D eigenvalue weighted by Crippen LogP contribution is 2.30. The van der Waals surface area contributed by atoms with Gasteiger partial charge in [-0.1, -0.05) is 29.5 Å². The van der Waals surface area contributed by atoms with Gasteiger partial charge >= 0.3 is 0 Å². The molecule has 1 fully saturated rings. The maximum atomic E-state index is 12.8. The molecule has 1 N–H and O–H groups in total. The van der Waals surface area contributed by atoms with E-state index in [9.17, 15) is 4.79 Å². The molecule has 182 valence electrons. The maximum Gasteiger partial charge on any atom is 0.223 e. The molecule has 0 aliphatic carbocycles. The summed E-state index contributed by atoms with van der Waals surface area (Å²) in [5.74, 6) is 1.77. The molecule has 5 rings (SSSR count). The summed E-state index contributed by atoms with van der Waals surface area (Å²) >= 11 is 1.58. The van der Waals surface area contributed by atoms with Crippen LogP contribution >= 0.6 is 11.3 Å². The quantitative estimate of drug-likeness (QED) is 0.394. The van der Waals surface area contributed by atoms with Crippen LogP contribution in [0.4, 0.5) is 5.13 Å². The number of ether oxygens (including phenoxy) is 2. The number of piperidine rings is 1. The third kappa shape index (κ3) is 5.09. The van der Waals surface area contributed by atoms with Crippen LogP contribution in [0.5, 0.6) is 11.5 Å². The SMILES string of the molecule is CCOc1ccccc1CNC(=O)C1CCN(c2nn3cc(-c4ccc(OC)cc4)nc3s2)CC1. The lowest BCUT2D eigenvalue weighted by Crippen LogP contribution is -2.40. The Bertz CT molecular complexity index is 1260.